The molecular formula is C23H36N2O. The Morgan fingerprint density at radius 3 is 2.42 bits per heavy atom. The van der Waals surface area contributed by atoms with Gasteiger partial charge >= 0.3 is 0 Å². The van der Waals surface area contributed by atoms with Crippen molar-refractivity contribution >= 4 is 5.91 Å². The molecule has 0 bridgehead atoms. The Hall–Kier alpha value is -1.35. The number of benzene rings is 1. The zero-order chi connectivity index (χ0) is 18.7. The van der Waals surface area contributed by atoms with E-state index in [0.29, 0.717) is 24.2 Å². The third kappa shape index (κ3) is 4.49. The van der Waals surface area contributed by atoms with Gasteiger partial charge in [-0.3, -0.25) is 4.79 Å². The zero-order valence-electron chi connectivity index (χ0n) is 17.1. The van der Waals surface area contributed by atoms with Crippen molar-refractivity contribution in [2.75, 3.05) is 19.6 Å². The summed E-state index contributed by atoms with van der Waals surface area (Å²) in [5, 5.41) is 3.43. The molecule has 2 heterocycles. The summed E-state index contributed by atoms with van der Waals surface area (Å²) in [6.07, 6.45) is 5.36. The van der Waals surface area contributed by atoms with Gasteiger partial charge in [0.15, 0.2) is 0 Å². The van der Waals surface area contributed by atoms with E-state index in [2.05, 4.69) is 62.2 Å². The molecule has 0 saturated carbocycles. The lowest BCUT2D eigenvalue weighted by Crippen LogP contribution is -2.35. The third-order valence-corrected chi connectivity index (χ3v) is 6.42. The van der Waals surface area contributed by atoms with Gasteiger partial charge in [-0.15, -0.1) is 0 Å². The fraction of sp³-hybridized carbons (Fsp3) is 0.696. The van der Waals surface area contributed by atoms with E-state index in [4.69, 9.17) is 0 Å². The predicted octanol–water partition coefficient (Wildman–Crippen LogP) is 4.67. The normalized spacial score (nSPS) is 23.2. The lowest BCUT2D eigenvalue weighted by Gasteiger charge is -2.31. The molecular weight excluding hydrogens is 320 g/mol. The molecule has 3 heteroatoms. The van der Waals surface area contributed by atoms with E-state index in [1.807, 2.05) is 0 Å². The van der Waals surface area contributed by atoms with Crippen molar-refractivity contribution in [3.63, 3.8) is 0 Å². The first kappa shape index (κ1) is 19.4. The number of carbonyl (C=O) groups excluding carboxylic acids is 1. The zero-order valence-corrected chi connectivity index (χ0v) is 17.1. The van der Waals surface area contributed by atoms with Gasteiger partial charge in [0.05, 0.1) is 6.04 Å². The van der Waals surface area contributed by atoms with Crippen LogP contribution in [0.1, 0.15) is 77.0 Å². The Morgan fingerprint density at radius 1 is 1.15 bits per heavy atom. The van der Waals surface area contributed by atoms with Crippen molar-refractivity contribution in [2.45, 2.75) is 71.3 Å². The maximum atomic E-state index is 13.0. The third-order valence-electron chi connectivity index (χ3n) is 6.42. The Balaban J connectivity index is 1.64. The molecule has 1 amide bonds. The molecule has 2 unspecified atom stereocenters. The highest BCUT2D eigenvalue weighted by Crippen LogP contribution is 2.35. The van der Waals surface area contributed by atoms with Crippen LogP contribution in [0.25, 0.3) is 0 Å². The number of rotatable bonds is 4. The van der Waals surface area contributed by atoms with Crippen molar-refractivity contribution in [1.82, 2.24) is 10.2 Å². The number of hydrogen-bond acceptors (Lipinski definition) is 2. The summed E-state index contributed by atoms with van der Waals surface area (Å²) >= 11 is 0. The van der Waals surface area contributed by atoms with Gasteiger partial charge < -0.3 is 10.2 Å². The molecule has 1 aromatic rings. The first-order valence-corrected chi connectivity index (χ1v) is 10.5. The minimum absolute atomic E-state index is 0.175. The number of hydrogen-bond donors (Lipinski definition) is 1. The van der Waals surface area contributed by atoms with E-state index in [-0.39, 0.29) is 11.5 Å². The van der Waals surface area contributed by atoms with Gasteiger partial charge in [0.2, 0.25) is 5.91 Å². The SMILES string of the molecule is CC(CC(=O)N1CCCC1c1ccc(C(C)(C)C)cc1)C1CCNCC1. The van der Waals surface area contributed by atoms with E-state index < -0.39 is 0 Å². The second-order valence-corrected chi connectivity index (χ2v) is 9.39. The number of amides is 1. The molecule has 3 nitrogen and oxygen atoms in total. The summed E-state index contributed by atoms with van der Waals surface area (Å²) in [6, 6.07) is 9.25. The molecule has 0 spiro atoms. The van der Waals surface area contributed by atoms with Gasteiger partial charge in [-0.1, -0.05) is 52.0 Å². The summed E-state index contributed by atoms with van der Waals surface area (Å²) < 4.78 is 0. The molecule has 1 N–H and O–H groups in total. The van der Waals surface area contributed by atoms with Crippen molar-refractivity contribution in [3.05, 3.63) is 35.4 Å². The van der Waals surface area contributed by atoms with Crippen LogP contribution >= 0.6 is 0 Å². The molecule has 0 aromatic heterocycles. The van der Waals surface area contributed by atoms with Crippen LogP contribution in [0.5, 0.6) is 0 Å². The van der Waals surface area contributed by atoms with E-state index >= 15 is 0 Å². The maximum absolute atomic E-state index is 13.0. The average Bonchev–Trinajstić information content (AvgIpc) is 3.11. The Labute approximate surface area is 159 Å². The Kier molecular flexibility index (Phi) is 6.06. The Bertz CT molecular complexity index is 596. The van der Waals surface area contributed by atoms with Crippen LogP contribution in [0.2, 0.25) is 0 Å². The predicted molar refractivity (Wildman–Crippen MR) is 108 cm³/mol. The number of likely N-dealkylation sites (tertiary alicyclic amines) is 1. The standard InChI is InChI=1S/C23H36N2O/c1-17(18-11-13-24-14-12-18)16-22(26)25-15-5-6-21(25)19-7-9-20(10-8-19)23(2,3)4/h7-10,17-18,21,24H,5-6,11-16H2,1-4H3. The molecule has 0 aliphatic carbocycles. The largest absolute Gasteiger partial charge is 0.336 e. The van der Waals surface area contributed by atoms with Gasteiger partial charge in [-0.25, -0.2) is 0 Å². The highest BCUT2D eigenvalue weighted by atomic mass is 16.2. The molecule has 144 valence electrons. The lowest BCUT2D eigenvalue weighted by atomic mass is 9.83. The summed E-state index contributed by atoms with van der Waals surface area (Å²) in [7, 11) is 0. The molecule has 2 aliphatic rings. The summed E-state index contributed by atoms with van der Waals surface area (Å²) in [6.45, 7) is 12.1. The van der Waals surface area contributed by atoms with Crippen LogP contribution in [0.15, 0.2) is 24.3 Å². The highest BCUT2D eigenvalue weighted by molar-refractivity contribution is 5.77. The molecule has 1 aromatic carbocycles. The fourth-order valence-corrected chi connectivity index (χ4v) is 4.59. The first-order chi connectivity index (χ1) is 12.4. The van der Waals surface area contributed by atoms with Gasteiger partial charge in [-0.05, 0) is 67.2 Å². The minimum Gasteiger partial charge on any atom is -0.336 e. The van der Waals surface area contributed by atoms with Gasteiger partial charge in [0, 0.05) is 13.0 Å². The second kappa shape index (κ2) is 8.12. The minimum atomic E-state index is 0.175. The van der Waals surface area contributed by atoms with Crippen LogP contribution in [-0.4, -0.2) is 30.4 Å². The summed E-state index contributed by atoms with van der Waals surface area (Å²) in [5.74, 6) is 1.56. The molecule has 2 fully saturated rings. The summed E-state index contributed by atoms with van der Waals surface area (Å²) in [5.41, 5.74) is 2.84. The Morgan fingerprint density at radius 2 is 1.81 bits per heavy atom. The van der Waals surface area contributed by atoms with E-state index in [0.717, 1.165) is 32.5 Å². The molecule has 26 heavy (non-hydrogen) atoms. The number of carbonyl (C=O) groups is 1. The van der Waals surface area contributed by atoms with Crippen LogP contribution in [0, 0.1) is 11.8 Å². The van der Waals surface area contributed by atoms with Gasteiger partial charge in [0.1, 0.15) is 0 Å². The van der Waals surface area contributed by atoms with Crippen LogP contribution in [0.3, 0.4) is 0 Å². The molecule has 2 aliphatic heterocycles. The average molecular weight is 357 g/mol. The second-order valence-electron chi connectivity index (χ2n) is 9.39. The monoisotopic (exact) mass is 356 g/mol. The topological polar surface area (TPSA) is 32.3 Å². The van der Waals surface area contributed by atoms with E-state index in [1.54, 1.807) is 0 Å². The molecule has 2 atom stereocenters. The lowest BCUT2D eigenvalue weighted by molar-refractivity contribution is -0.133. The van der Waals surface area contributed by atoms with E-state index in [1.165, 1.54) is 24.0 Å². The van der Waals surface area contributed by atoms with Gasteiger partial charge in [0.25, 0.3) is 0 Å². The highest BCUT2D eigenvalue weighted by Gasteiger charge is 2.32. The van der Waals surface area contributed by atoms with Crippen molar-refractivity contribution in [3.8, 4) is 0 Å². The quantitative estimate of drug-likeness (QED) is 0.850. The van der Waals surface area contributed by atoms with Gasteiger partial charge in [-0.2, -0.15) is 0 Å². The number of piperidine rings is 1. The smallest absolute Gasteiger partial charge is 0.223 e. The van der Waals surface area contributed by atoms with Crippen LogP contribution < -0.4 is 5.32 Å². The van der Waals surface area contributed by atoms with Crippen molar-refractivity contribution in [2.24, 2.45) is 11.8 Å². The fourth-order valence-electron chi connectivity index (χ4n) is 4.59. The van der Waals surface area contributed by atoms with Crippen molar-refractivity contribution in [1.29, 1.82) is 0 Å². The molecule has 2 saturated heterocycles. The maximum Gasteiger partial charge on any atom is 0.223 e. The number of nitrogens with zero attached hydrogens (tertiary/aromatic N) is 1. The first-order valence-electron chi connectivity index (χ1n) is 10.5. The van der Waals surface area contributed by atoms with Crippen LogP contribution in [0.4, 0.5) is 0 Å². The van der Waals surface area contributed by atoms with Crippen LogP contribution in [-0.2, 0) is 10.2 Å². The summed E-state index contributed by atoms with van der Waals surface area (Å²) in [4.78, 5) is 15.2. The van der Waals surface area contributed by atoms with Crippen molar-refractivity contribution < 1.29 is 4.79 Å². The number of nitrogens with one attached hydrogen (secondary N) is 1. The molecule has 3 rings (SSSR count). The van der Waals surface area contributed by atoms with E-state index in [9.17, 15) is 4.79 Å². The molecule has 0 radical (unpaired) electrons.